The van der Waals surface area contributed by atoms with Crippen molar-refractivity contribution in [3.8, 4) is 22.5 Å². The van der Waals surface area contributed by atoms with Gasteiger partial charge in [-0.3, -0.25) is 10.0 Å². The van der Waals surface area contributed by atoms with Crippen LogP contribution < -0.4 is 10.0 Å². The van der Waals surface area contributed by atoms with Crippen LogP contribution in [-0.2, 0) is 0 Å². The van der Waals surface area contributed by atoms with Gasteiger partial charge in [0.1, 0.15) is 17.3 Å². The van der Waals surface area contributed by atoms with E-state index >= 15 is 0 Å². The molecule has 0 radical (unpaired) electrons. The van der Waals surface area contributed by atoms with Crippen molar-refractivity contribution in [2.24, 2.45) is 0 Å². The molecule has 2 N–H and O–H groups in total. The molecule has 5 aromatic rings. The predicted molar refractivity (Wildman–Crippen MR) is 123 cm³/mol. The molecule has 0 saturated heterocycles. The molecule has 0 aliphatic carbocycles. The molecule has 1 amide bonds. The molecule has 0 fully saturated rings. The van der Waals surface area contributed by atoms with Gasteiger partial charge in [-0.25, -0.2) is 18.9 Å². The number of rotatable bonds is 4. The SMILES string of the molecule is Cc1cc(-c2nc3cccnn3c2-c2ccnc(NC(=O)c3cc[n+](O)c(C)c3)c2)ccc1F. The molecule has 8 nitrogen and oxygen atoms in total. The second-order valence-electron chi connectivity index (χ2n) is 7.85. The van der Waals surface area contributed by atoms with Crippen molar-refractivity contribution in [2.45, 2.75) is 13.8 Å². The number of imidazole rings is 1. The molecule has 0 aliphatic rings. The average molecular weight is 455 g/mol. The van der Waals surface area contributed by atoms with Gasteiger partial charge >= 0.3 is 0 Å². The van der Waals surface area contributed by atoms with Crippen LogP contribution >= 0.6 is 0 Å². The second-order valence-corrected chi connectivity index (χ2v) is 7.85. The van der Waals surface area contributed by atoms with Crippen molar-refractivity contribution in [3.63, 3.8) is 0 Å². The van der Waals surface area contributed by atoms with Crippen molar-refractivity contribution in [3.05, 3.63) is 95.8 Å². The molecule has 34 heavy (non-hydrogen) atoms. The largest absolute Gasteiger partial charge is 0.307 e. The third-order valence-electron chi connectivity index (χ3n) is 5.48. The Morgan fingerprint density at radius 3 is 2.71 bits per heavy atom. The summed E-state index contributed by atoms with van der Waals surface area (Å²) in [5.41, 5.74) is 4.85. The first-order valence-corrected chi connectivity index (χ1v) is 10.5. The van der Waals surface area contributed by atoms with E-state index < -0.39 is 0 Å². The monoisotopic (exact) mass is 455 g/mol. The Morgan fingerprint density at radius 2 is 1.91 bits per heavy atom. The van der Waals surface area contributed by atoms with Crippen LogP contribution in [0.4, 0.5) is 10.2 Å². The number of fused-ring (bicyclic) bond motifs is 1. The van der Waals surface area contributed by atoms with Crippen molar-refractivity contribution in [1.82, 2.24) is 19.6 Å². The van der Waals surface area contributed by atoms with E-state index in [4.69, 9.17) is 4.98 Å². The molecule has 1 aromatic carbocycles. The highest BCUT2D eigenvalue weighted by atomic mass is 19.1. The fraction of sp³-hybridized carbons (Fsp3) is 0.0800. The van der Waals surface area contributed by atoms with Crippen molar-refractivity contribution in [2.75, 3.05) is 5.32 Å². The second kappa shape index (κ2) is 8.36. The van der Waals surface area contributed by atoms with E-state index in [0.29, 0.717) is 39.7 Å². The van der Waals surface area contributed by atoms with Gasteiger partial charge in [-0.15, -0.1) is 0 Å². The number of amides is 1. The number of carbonyl (C=O) groups is 1. The van der Waals surface area contributed by atoms with Crippen LogP contribution in [0, 0.1) is 19.7 Å². The van der Waals surface area contributed by atoms with Crippen LogP contribution in [-0.4, -0.2) is 30.7 Å². The van der Waals surface area contributed by atoms with Gasteiger partial charge in [0, 0.05) is 47.3 Å². The van der Waals surface area contributed by atoms with Gasteiger partial charge in [0.15, 0.2) is 5.65 Å². The Morgan fingerprint density at radius 1 is 1.06 bits per heavy atom. The van der Waals surface area contributed by atoms with E-state index in [-0.39, 0.29) is 11.7 Å². The zero-order valence-corrected chi connectivity index (χ0v) is 18.4. The zero-order valence-electron chi connectivity index (χ0n) is 18.4. The zero-order chi connectivity index (χ0) is 23.8. The molecule has 9 heteroatoms. The number of benzene rings is 1. The molecule has 4 heterocycles. The summed E-state index contributed by atoms with van der Waals surface area (Å²) in [6.07, 6.45) is 4.65. The summed E-state index contributed by atoms with van der Waals surface area (Å²) in [6.45, 7) is 3.39. The topological polar surface area (TPSA) is 96.3 Å². The van der Waals surface area contributed by atoms with Gasteiger partial charge in [0.05, 0.1) is 11.3 Å². The van der Waals surface area contributed by atoms with Crippen LogP contribution in [0.2, 0.25) is 0 Å². The molecule has 0 bridgehead atoms. The van der Waals surface area contributed by atoms with Crippen LogP contribution in [0.15, 0.2) is 73.2 Å². The van der Waals surface area contributed by atoms with E-state index in [1.807, 2.05) is 6.07 Å². The van der Waals surface area contributed by atoms with E-state index in [1.165, 1.54) is 18.3 Å². The normalized spacial score (nSPS) is 11.0. The lowest BCUT2D eigenvalue weighted by Gasteiger charge is -2.09. The highest BCUT2D eigenvalue weighted by Crippen LogP contribution is 2.33. The molecule has 168 valence electrons. The van der Waals surface area contributed by atoms with Crippen molar-refractivity contribution >= 4 is 17.4 Å². The minimum atomic E-state index is -0.362. The average Bonchev–Trinajstić information content (AvgIpc) is 3.22. The van der Waals surface area contributed by atoms with E-state index in [9.17, 15) is 14.4 Å². The fourth-order valence-electron chi connectivity index (χ4n) is 3.72. The molecule has 0 saturated carbocycles. The lowest BCUT2D eigenvalue weighted by Crippen LogP contribution is -2.33. The van der Waals surface area contributed by atoms with Gasteiger partial charge in [-0.05, 0) is 55.0 Å². The van der Waals surface area contributed by atoms with Gasteiger partial charge in [0.25, 0.3) is 5.91 Å². The Bertz CT molecular complexity index is 1560. The quantitative estimate of drug-likeness (QED) is 0.316. The van der Waals surface area contributed by atoms with Gasteiger partial charge < -0.3 is 5.32 Å². The summed E-state index contributed by atoms with van der Waals surface area (Å²) < 4.78 is 16.5. The fourth-order valence-corrected chi connectivity index (χ4v) is 3.72. The van der Waals surface area contributed by atoms with Gasteiger partial charge in [0.2, 0.25) is 11.9 Å². The van der Waals surface area contributed by atoms with Crippen LogP contribution in [0.3, 0.4) is 0 Å². The number of hydrogen-bond acceptors (Lipinski definition) is 5. The summed E-state index contributed by atoms with van der Waals surface area (Å²) in [7, 11) is 0. The number of hydrogen-bond donors (Lipinski definition) is 2. The standard InChI is InChI=1S/C25H19FN6O2/c1-15-12-17(5-6-20(15)26)23-24(32-22(30-23)4-3-9-28-32)18-7-10-27-21(14-18)29-25(33)19-8-11-31(34)16(2)13-19/h3-14H,1-2H3,(H-,27,29,33,34)/p+1. The van der Waals surface area contributed by atoms with E-state index in [1.54, 1.807) is 67.2 Å². The molecule has 4 aromatic heterocycles. The minimum Gasteiger partial charge on any atom is -0.307 e. The molecule has 0 spiro atoms. The maximum absolute atomic E-state index is 13.9. The molecular weight excluding hydrogens is 435 g/mol. The van der Waals surface area contributed by atoms with Crippen LogP contribution in [0.1, 0.15) is 21.6 Å². The van der Waals surface area contributed by atoms with Crippen molar-refractivity contribution < 1.29 is 19.1 Å². The first-order chi connectivity index (χ1) is 16.4. The Labute approximate surface area is 193 Å². The van der Waals surface area contributed by atoms with Crippen LogP contribution in [0.25, 0.3) is 28.2 Å². The summed E-state index contributed by atoms with van der Waals surface area (Å²) in [5, 5.41) is 16.9. The molecule has 0 atom stereocenters. The summed E-state index contributed by atoms with van der Waals surface area (Å²) in [4.78, 5) is 21.7. The maximum Gasteiger partial charge on any atom is 0.257 e. The highest BCUT2D eigenvalue weighted by Gasteiger charge is 2.19. The number of pyridine rings is 2. The third-order valence-corrected chi connectivity index (χ3v) is 5.48. The number of aryl methyl sites for hydroxylation is 2. The Hall–Kier alpha value is -4.66. The molecular formula is C25H20FN6O2+. The van der Waals surface area contributed by atoms with E-state index in [2.05, 4.69) is 15.4 Å². The number of nitrogens with one attached hydrogen (secondary N) is 1. The Balaban J connectivity index is 1.58. The van der Waals surface area contributed by atoms with E-state index in [0.717, 1.165) is 15.9 Å². The van der Waals surface area contributed by atoms with Crippen LogP contribution in [0.5, 0.6) is 0 Å². The first kappa shape index (κ1) is 21.2. The smallest absolute Gasteiger partial charge is 0.257 e. The van der Waals surface area contributed by atoms with Crippen molar-refractivity contribution in [1.29, 1.82) is 0 Å². The predicted octanol–water partition coefficient (Wildman–Crippen LogP) is 3.99. The molecule has 0 aliphatic heterocycles. The third kappa shape index (κ3) is 3.83. The Kier molecular flexibility index (Phi) is 5.21. The highest BCUT2D eigenvalue weighted by molar-refractivity contribution is 6.04. The summed E-state index contributed by atoms with van der Waals surface area (Å²) in [5.74, 6) is -0.309. The molecule has 5 rings (SSSR count). The van der Waals surface area contributed by atoms with Gasteiger partial charge in [-0.2, -0.15) is 5.10 Å². The summed E-state index contributed by atoms with van der Waals surface area (Å²) in [6, 6.07) is 15.1. The number of halogens is 1. The maximum atomic E-state index is 13.9. The van der Waals surface area contributed by atoms with Gasteiger partial charge in [-0.1, -0.05) is 0 Å². The summed E-state index contributed by atoms with van der Waals surface area (Å²) >= 11 is 0. The lowest BCUT2D eigenvalue weighted by molar-refractivity contribution is -0.908. The lowest BCUT2D eigenvalue weighted by atomic mass is 10.0. The minimum absolute atomic E-state index is 0.288. The first-order valence-electron chi connectivity index (χ1n) is 10.5. The number of aromatic nitrogens is 5. The number of nitrogens with zero attached hydrogens (tertiary/aromatic N) is 5. The number of carbonyl (C=O) groups excluding carboxylic acids is 1. The molecule has 0 unspecified atom stereocenters. The number of anilines is 1.